The quantitative estimate of drug-likeness (QED) is 0.0199. The highest BCUT2D eigenvalue weighted by molar-refractivity contribution is 5.71. The molecule has 67 heavy (non-hydrogen) atoms. The maximum absolute atomic E-state index is 12.8. The molecular formula is C61H100O6. The Morgan fingerprint density at radius 3 is 1.12 bits per heavy atom. The van der Waals surface area contributed by atoms with Gasteiger partial charge in [-0.3, -0.25) is 14.4 Å². The van der Waals surface area contributed by atoms with Gasteiger partial charge in [0, 0.05) is 19.3 Å². The van der Waals surface area contributed by atoms with Crippen LogP contribution in [0.25, 0.3) is 0 Å². The normalized spacial score (nSPS) is 12.9. The number of esters is 3. The van der Waals surface area contributed by atoms with Crippen LogP contribution in [-0.4, -0.2) is 37.2 Å². The molecule has 0 aliphatic carbocycles. The maximum Gasteiger partial charge on any atom is 0.306 e. The zero-order valence-corrected chi connectivity index (χ0v) is 43.4. The second-order valence-electron chi connectivity index (χ2n) is 17.9. The first kappa shape index (κ1) is 63.1. The van der Waals surface area contributed by atoms with Crippen LogP contribution in [-0.2, 0) is 28.6 Å². The van der Waals surface area contributed by atoms with E-state index < -0.39 is 6.10 Å². The van der Waals surface area contributed by atoms with Crippen molar-refractivity contribution in [2.24, 2.45) is 0 Å². The molecule has 0 aliphatic rings. The highest BCUT2D eigenvalue weighted by Gasteiger charge is 2.19. The third-order valence-corrected chi connectivity index (χ3v) is 11.4. The van der Waals surface area contributed by atoms with Crippen LogP contribution < -0.4 is 0 Å². The Morgan fingerprint density at radius 1 is 0.328 bits per heavy atom. The van der Waals surface area contributed by atoms with Crippen molar-refractivity contribution in [2.45, 2.75) is 245 Å². The average Bonchev–Trinajstić information content (AvgIpc) is 3.33. The molecule has 0 aromatic heterocycles. The van der Waals surface area contributed by atoms with Crippen LogP contribution in [0.15, 0.2) is 109 Å². The number of rotatable bonds is 48. The molecule has 0 amide bonds. The first-order valence-electron chi connectivity index (χ1n) is 27.5. The number of hydrogen-bond acceptors (Lipinski definition) is 6. The number of ether oxygens (including phenoxy) is 3. The van der Waals surface area contributed by atoms with Gasteiger partial charge in [0.15, 0.2) is 6.10 Å². The van der Waals surface area contributed by atoms with Gasteiger partial charge in [0.1, 0.15) is 13.2 Å². The molecule has 1 unspecified atom stereocenters. The van der Waals surface area contributed by atoms with Crippen LogP contribution in [0.3, 0.4) is 0 Å². The van der Waals surface area contributed by atoms with Gasteiger partial charge in [0.05, 0.1) is 0 Å². The van der Waals surface area contributed by atoms with Gasteiger partial charge in [0.2, 0.25) is 0 Å². The van der Waals surface area contributed by atoms with Gasteiger partial charge < -0.3 is 14.2 Å². The van der Waals surface area contributed by atoms with Crippen LogP contribution in [0.5, 0.6) is 0 Å². The van der Waals surface area contributed by atoms with E-state index in [1.165, 1.54) is 83.5 Å². The molecule has 0 aromatic carbocycles. The topological polar surface area (TPSA) is 78.9 Å². The molecule has 0 spiro atoms. The molecule has 1 atom stereocenters. The Hall–Kier alpha value is -3.93. The van der Waals surface area contributed by atoms with E-state index in [2.05, 4.69) is 106 Å². The van der Waals surface area contributed by atoms with Crippen LogP contribution in [0.4, 0.5) is 0 Å². The predicted octanol–water partition coefficient (Wildman–Crippen LogP) is 18.3. The molecule has 0 rings (SSSR count). The van der Waals surface area contributed by atoms with Crippen LogP contribution in [0.1, 0.15) is 239 Å². The van der Waals surface area contributed by atoms with Crippen molar-refractivity contribution in [3.8, 4) is 0 Å². The summed E-state index contributed by atoms with van der Waals surface area (Å²) in [5, 5.41) is 0. The average molecular weight is 929 g/mol. The Balaban J connectivity index is 4.50. The monoisotopic (exact) mass is 929 g/mol. The van der Waals surface area contributed by atoms with Crippen molar-refractivity contribution in [1.82, 2.24) is 0 Å². The molecule has 6 nitrogen and oxygen atoms in total. The summed E-state index contributed by atoms with van der Waals surface area (Å²) in [4.78, 5) is 38.1. The van der Waals surface area contributed by atoms with E-state index in [1.807, 2.05) is 24.3 Å². The van der Waals surface area contributed by atoms with Gasteiger partial charge in [-0.1, -0.05) is 252 Å². The summed E-state index contributed by atoms with van der Waals surface area (Å²) in [7, 11) is 0. The molecular weight excluding hydrogens is 829 g/mol. The van der Waals surface area contributed by atoms with E-state index in [0.717, 1.165) is 116 Å². The zero-order chi connectivity index (χ0) is 48.6. The highest BCUT2D eigenvalue weighted by atomic mass is 16.6. The first-order chi connectivity index (χ1) is 33.0. The number of carbonyl (C=O) groups is 3. The van der Waals surface area contributed by atoms with Crippen LogP contribution in [0.2, 0.25) is 0 Å². The Kier molecular flexibility index (Phi) is 51.5. The third-order valence-electron chi connectivity index (χ3n) is 11.4. The molecule has 0 heterocycles. The molecule has 380 valence electrons. The van der Waals surface area contributed by atoms with Gasteiger partial charge in [-0.2, -0.15) is 0 Å². The maximum atomic E-state index is 12.8. The van der Waals surface area contributed by atoms with Gasteiger partial charge in [-0.25, -0.2) is 0 Å². The molecule has 0 saturated carbocycles. The smallest absolute Gasteiger partial charge is 0.306 e. The van der Waals surface area contributed by atoms with E-state index in [4.69, 9.17) is 14.2 Å². The molecule has 0 saturated heterocycles. The first-order valence-corrected chi connectivity index (χ1v) is 27.5. The van der Waals surface area contributed by atoms with Crippen molar-refractivity contribution in [2.75, 3.05) is 13.2 Å². The minimum absolute atomic E-state index is 0.0995. The summed E-state index contributed by atoms with van der Waals surface area (Å²) < 4.78 is 16.8. The third kappa shape index (κ3) is 52.9. The van der Waals surface area contributed by atoms with E-state index in [0.29, 0.717) is 12.8 Å². The van der Waals surface area contributed by atoms with Crippen molar-refractivity contribution >= 4 is 17.9 Å². The number of hydrogen-bond donors (Lipinski definition) is 0. The lowest BCUT2D eigenvalue weighted by molar-refractivity contribution is -0.167. The molecule has 6 heteroatoms. The lowest BCUT2D eigenvalue weighted by atomic mass is 10.0. The Bertz CT molecular complexity index is 1390. The van der Waals surface area contributed by atoms with Gasteiger partial charge in [0.25, 0.3) is 0 Å². The predicted molar refractivity (Wildman–Crippen MR) is 288 cm³/mol. The molecule has 0 aromatic rings. The standard InChI is InChI=1S/C61H100O6/c1-4-7-10-13-16-19-22-25-28-30-31-34-36-39-42-45-48-51-54-60(63)66-57-58(56-65-59(62)53-50-47-44-41-38-35-32-27-24-21-18-15-12-9-6-3)67-61(64)55-52-49-46-43-40-37-33-29-26-23-20-17-14-11-8-5-2/h8,10-11,13,16-17,19-20,22,25-26,28-31,34,37,40,58H,4-7,9,12,14-15,18,21,23-24,27,32-33,35-36,38-39,41-57H2,1-3H3/b11-8-,13-10-,19-16-,20-17-,25-22-,29-26-,30-28-,34-31-,40-37-. The van der Waals surface area contributed by atoms with Crippen LogP contribution >= 0.6 is 0 Å². The van der Waals surface area contributed by atoms with E-state index >= 15 is 0 Å². The molecule has 0 fully saturated rings. The van der Waals surface area contributed by atoms with Crippen molar-refractivity contribution < 1.29 is 28.6 Å². The van der Waals surface area contributed by atoms with Crippen LogP contribution in [0, 0.1) is 0 Å². The number of unbranched alkanes of at least 4 members (excludes halogenated alkanes) is 23. The second-order valence-corrected chi connectivity index (χ2v) is 17.9. The van der Waals surface area contributed by atoms with E-state index in [-0.39, 0.29) is 37.5 Å². The molecule has 0 N–H and O–H groups in total. The summed E-state index contributed by atoms with van der Waals surface area (Å²) in [5.41, 5.74) is 0. The lowest BCUT2D eigenvalue weighted by Crippen LogP contribution is -2.30. The summed E-state index contributed by atoms with van der Waals surface area (Å²) in [6, 6.07) is 0. The zero-order valence-electron chi connectivity index (χ0n) is 43.4. The van der Waals surface area contributed by atoms with E-state index in [9.17, 15) is 14.4 Å². The van der Waals surface area contributed by atoms with Crippen molar-refractivity contribution in [3.05, 3.63) is 109 Å². The summed E-state index contributed by atoms with van der Waals surface area (Å²) in [5.74, 6) is -0.957. The SMILES string of the molecule is CC/C=C\C/C=C\C/C=C\C/C=C\CCCCCC(=O)OC(COC(=O)CCCCCCC\C=C/C=C\C=C/C=C\C=C/CCC)COC(=O)CCCCCCCCCCCCCCCCC. The second kappa shape index (κ2) is 54.7. The lowest BCUT2D eigenvalue weighted by Gasteiger charge is -2.18. The minimum atomic E-state index is -0.806. The van der Waals surface area contributed by atoms with Crippen molar-refractivity contribution in [3.63, 3.8) is 0 Å². The Morgan fingerprint density at radius 2 is 0.672 bits per heavy atom. The molecule has 0 aliphatic heterocycles. The minimum Gasteiger partial charge on any atom is -0.462 e. The van der Waals surface area contributed by atoms with E-state index in [1.54, 1.807) is 0 Å². The van der Waals surface area contributed by atoms with Gasteiger partial charge in [-0.05, 0) is 77.0 Å². The summed E-state index contributed by atoms with van der Waals surface area (Å²) >= 11 is 0. The fourth-order valence-electron chi connectivity index (χ4n) is 7.29. The Labute approximate surface area is 412 Å². The summed E-state index contributed by atoms with van der Waals surface area (Å²) in [6.45, 7) is 6.39. The van der Waals surface area contributed by atoms with Gasteiger partial charge in [-0.15, -0.1) is 0 Å². The fourth-order valence-corrected chi connectivity index (χ4v) is 7.29. The van der Waals surface area contributed by atoms with Crippen molar-refractivity contribution in [1.29, 1.82) is 0 Å². The summed E-state index contributed by atoms with van der Waals surface area (Å²) in [6.07, 6.45) is 73.5. The largest absolute Gasteiger partial charge is 0.462 e. The fraction of sp³-hybridized carbons (Fsp3) is 0.656. The number of allylic oxidation sites excluding steroid dienone is 18. The number of carbonyl (C=O) groups excluding carboxylic acids is 3. The highest BCUT2D eigenvalue weighted by Crippen LogP contribution is 2.15. The molecule has 0 bridgehead atoms. The van der Waals surface area contributed by atoms with Gasteiger partial charge >= 0.3 is 17.9 Å². The molecule has 0 radical (unpaired) electrons.